The normalized spacial score (nSPS) is 9.64. The minimum atomic E-state index is 0.0104. The number of benzene rings is 1. The quantitative estimate of drug-likeness (QED) is 0.799. The highest BCUT2D eigenvalue weighted by Gasteiger charge is 1.96. The number of hydrogen-bond acceptors (Lipinski definition) is 1. The first kappa shape index (κ1) is 8.50. The van der Waals surface area contributed by atoms with Gasteiger partial charge >= 0.3 is 0 Å². The molecule has 0 spiro atoms. The molecule has 0 atom stereocenters. The molecule has 0 saturated carbocycles. The Bertz CT molecular complexity index is 268. The zero-order chi connectivity index (χ0) is 8.27. The second-order valence-corrected chi connectivity index (χ2v) is 3.19. The molecule has 0 aliphatic rings. The number of hydrogen-bond donors (Lipinski definition) is 1. The summed E-state index contributed by atoms with van der Waals surface area (Å²) in [5, 5.41) is 8.76. The van der Waals surface area contributed by atoms with Crippen molar-refractivity contribution in [2.75, 3.05) is 6.61 Å². The second-order valence-electron chi connectivity index (χ2n) is 2.27. The third-order valence-electron chi connectivity index (χ3n) is 1.42. The molecule has 11 heavy (non-hydrogen) atoms. The standard InChI is InChI=1S/C9H9BrO/c1-7(6-11)8-3-2-4-9(10)5-8/h2-5,11H,1,6H2. The average molecular weight is 213 g/mol. The topological polar surface area (TPSA) is 20.2 Å². The van der Waals surface area contributed by atoms with Crippen LogP contribution in [0.15, 0.2) is 35.3 Å². The van der Waals surface area contributed by atoms with Crippen LogP contribution in [0.3, 0.4) is 0 Å². The molecule has 1 rings (SSSR count). The fraction of sp³-hybridized carbons (Fsp3) is 0.111. The van der Waals surface area contributed by atoms with E-state index in [2.05, 4.69) is 22.5 Å². The van der Waals surface area contributed by atoms with Gasteiger partial charge in [-0.1, -0.05) is 34.6 Å². The van der Waals surface area contributed by atoms with Crippen LogP contribution < -0.4 is 0 Å². The van der Waals surface area contributed by atoms with Gasteiger partial charge in [-0.3, -0.25) is 0 Å². The van der Waals surface area contributed by atoms with Crippen molar-refractivity contribution in [2.45, 2.75) is 0 Å². The molecule has 1 nitrogen and oxygen atoms in total. The van der Waals surface area contributed by atoms with Crippen LogP contribution in [0, 0.1) is 0 Å². The van der Waals surface area contributed by atoms with Gasteiger partial charge in [0.05, 0.1) is 6.61 Å². The molecular weight excluding hydrogens is 204 g/mol. The fourth-order valence-corrected chi connectivity index (χ4v) is 1.20. The number of halogens is 1. The lowest BCUT2D eigenvalue weighted by atomic mass is 10.1. The van der Waals surface area contributed by atoms with Gasteiger partial charge in [0.1, 0.15) is 0 Å². The summed E-state index contributed by atoms with van der Waals surface area (Å²) in [4.78, 5) is 0. The Kier molecular flexibility index (Phi) is 2.85. The van der Waals surface area contributed by atoms with E-state index in [0.717, 1.165) is 15.6 Å². The Labute approximate surface area is 74.5 Å². The smallest absolute Gasteiger partial charge is 0.0681 e. The predicted octanol–water partition coefficient (Wildman–Crippen LogP) is 2.45. The van der Waals surface area contributed by atoms with E-state index in [1.165, 1.54) is 0 Å². The van der Waals surface area contributed by atoms with Crippen LogP contribution in [-0.4, -0.2) is 11.7 Å². The molecule has 0 amide bonds. The molecule has 0 fully saturated rings. The zero-order valence-electron chi connectivity index (χ0n) is 6.05. The van der Waals surface area contributed by atoms with E-state index >= 15 is 0 Å². The first-order valence-corrected chi connectivity index (χ1v) is 4.08. The van der Waals surface area contributed by atoms with Crippen molar-refractivity contribution in [3.8, 4) is 0 Å². The van der Waals surface area contributed by atoms with Gasteiger partial charge in [-0.25, -0.2) is 0 Å². The molecule has 1 aromatic rings. The summed E-state index contributed by atoms with van der Waals surface area (Å²) in [5.74, 6) is 0. The molecule has 0 heterocycles. The van der Waals surface area contributed by atoms with Crippen molar-refractivity contribution >= 4 is 21.5 Å². The third-order valence-corrected chi connectivity index (χ3v) is 1.92. The minimum Gasteiger partial charge on any atom is -0.392 e. The van der Waals surface area contributed by atoms with Crippen LogP contribution in [0.5, 0.6) is 0 Å². The van der Waals surface area contributed by atoms with Crippen LogP contribution in [0.1, 0.15) is 5.56 Å². The van der Waals surface area contributed by atoms with Crippen molar-refractivity contribution < 1.29 is 5.11 Å². The molecule has 2 heteroatoms. The molecular formula is C9H9BrO. The minimum absolute atomic E-state index is 0.0104. The lowest BCUT2D eigenvalue weighted by Crippen LogP contribution is -1.87. The summed E-state index contributed by atoms with van der Waals surface area (Å²) in [7, 11) is 0. The van der Waals surface area contributed by atoms with Gasteiger partial charge in [0, 0.05) is 4.47 Å². The van der Waals surface area contributed by atoms with Gasteiger partial charge in [-0.05, 0) is 23.3 Å². The summed E-state index contributed by atoms with van der Waals surface area (Å²) in [6.07, 6.45) is 0. The molecule has 0 saturated heterocycles. The van der Waals surface area contributed by atoms with Gasteiger partial charge < -0.3 is 5.11 Å². The molecule has 0 radical (unpaired) electrons. The molecule has 0 aromatic heterocycles. The van der Waals surface area contributed by atoms with E-state index in [0.29, 0.717) is 0 Å². The van der Waals surface area contributed by atoms with Crippen molar-refractivity contribution in [1.29, 1.82) is 0 Å². The Morgan fingerprint density at radius 3 is 2.82 bits per heavy atom. The lowest BCUT2D eigenvalue weighted by Gasteiger charge is -2.01. The van der Waals surface area contributed by atoms with E-state index < -0.39 is 0 Å². The van der Waals surface area contributed by atoms with E-state index in [1.807, 2.05) is 24.3 Å². The molecule has 1 aromatic carbocycles. The molecule has 58 valence electrons. The highest BCUT2D eigenvalue weighted by molar-refractivity contribution is 9.10. The van der Waals surface area contributed by atoms with Gasteiger partial charge in [-0.15, -0.1) is 0 Å². The first-order valence-electron chi connectivity index (χ1n) is 3.28. The predicted molar refractivity (Wildman–Crippen MR) is 50.3 cm³/mol. The van der Waals surface area contributed by atoms with Gasteiger partial charge in [0.25, 0.3) is 0 Å². The Morgan fingerprint density at radius 2 is 2.27 bits per heavy atom. The van der Waals surface area contributed by atoms with Crippen LogP contribution in [0.2, 0.25) is 0 Å². The first-order chi connectivity index (χ1) is 5.24. The molecule has 1 N–H and O–H groups in total. The van der Waals surface area contributed by atoms with Crippen LogP contribution in [0.25, 0.3) is 5.57 Å². The maximum absolute atomic E-state index is 8.76. The Balaban J connectivity index is 2.96. The van der Waals surface area contributed by atoms with Gasteiger partial charge in [-0.2, -0.15) is 0 Å². The molecule has 0 unspecified atom stereocenters. The highest BCUT2D eigenvalue weighted by Crippen LogP contribution is 2.16. The maximum Gasteiger partial charge on any atom is 0.0681 e. The van der Waals surface area contributed by atoms with Crippen molar-refractivity contribution in [3.63, 3.8) is 0 Å². The largest absolute Gasteiger partial charge is 0.392 e. The Morgan fingerprint density at radius 1 is 1.55 bits per heavy atom. The van der Waals surface area contributed by atoms with E-state index in [4.69, 9.17) is 5.11 Å². The lowest BCUT2D eigenvalue weighted by molar-refractivity contribution is 0.350. The van der Waals surface area contributed by atoms with Crippen LogP contribution in [0.4, 0.5) is 0 Å². The van der Waals surface area contributed by atoms with Crippen LogP contribution >= 0.6 is 15.9 Å². The average Bonchev–Trinajstić information content (AvgIpc) is 2.03. The van der Waals surface area contributed by atoms with Crippen molar-refractivity contribution in [2.24, 2.45) is 0 Å². The van der Waals surface area contributed by atoms with Gasteiger partial charge in [0.15, 0.2) is 0 Å². The van der Waals surface area contributed by atoms with Gasteiger partial charge in [0.2, 0.25) is 0 Å². The number of aliphatic hydroxyl groups excluding tert-OH is 1. The van der Waals surface area contributed by atoms with E-state index in [-0.39, 0.29) is 6.61 Å². The van der Waals surface area contributed by atoms with Crippen molar-refractivity contribution in [1.82, 2.24) is 0 Å². The molecule has 0 bridgehead atoms. The zero-order valence-corrected chi connectivity index (χ0v) is 7.63. The number of aliphatic hydroxyl groups is 1. The summed E-state index contributed by atoms with van der Waals surface area (Å²) in [6.45, 7) is 3.72. The fourth-order valence-electron chi connectivity index (χ4n) is 0.800. The monoisotopic (exact) mass is 212 g/mol. The van der Waals surface area contributed by atoms with E-state index in [1.54, 1.807) is 0 Å². The van der Waals surface area contributed by atoms with E-state index in [9.17, 15) is 0 Å². The highest BCUT2D eigenvalue weighted by atomic mass is 79.9. The van der Waals surface area contributed by atoms with Crippen molar-refractivity contribution in [3.05, 3.63) is 40.9 Å². The second kappa shape index (κ2) is 3.69. The SMILES string of the molecule is C=C(CO)c1cccc(Br)c1. The summed E-state index contributed by atoms with van der Waals surface area (Å²) in [6, 6.07) is 7.70. The maximum atomic E-state index is 8.76. The summed E-state index contributed by atoms with van der Waals surface area (Å²) >= 11 is 3.34. The molecule has 0 aliphatic carbocycles. The number of rotatable bonds is 2. The third kappa shape index (κ3) is 2.17. The molecule has 0 aliphatic heterocycles. The Hall–Kier alpha value is -0.600. The summed E-state index contributed by atoms with van der Waals surface area (Å²) in [5.41, 5.74) is 1.72. The summed E-state index contributed by atoms with van der Waals surface area (Å²) < 4.78 is 1.00. The van der Waals surface area contributed by atoms with Crippen LogP contribution in [-0.2, 0) is 0 Å².